The van der Waals surface area contributed by atoms with Crippen LogP contribution in [0.1, 0.15) is 31.1 Å². The van der Waals surface area contributed by atoms with Crippen molar-refractivity contribution in [1.82, 2.24) is 20.9 Å². The quantitative estimate of drug-likeness (QED) is 0.672. The zero-order chi connectivity index (χ0) is 19.0. The van der Waals surface area contributed by atoms with Crippen LogP contribution < -0.4 is 16.0 Å². The number of carbonyl (C=O) groups excluding carboxylic acids is 2. The Labute approximate surface area is 154 Å². The topological polar surface area (TPSA) is 83.1 Å². The molecule has 138 valence electrons. The maximum absolute atomic E-state index is 12.8. The van der Waals surface area contributed by atoms with E-state index >= 15 is 0 Å². The van der Waals surface area contributed by atoms with Crippen LogP contribution in [0.4, 0.5) is 0 Å². The largest absolute Gasteiger partial charge is 0.347 e. The Morgan fingerprint density at radius 1 is 1.08 bits per heavy atom. The van der Waals surface area contributed by atoms with Gasteiger partial charge in [-0.1, -0.05) is 36.4 Å². The molecule has 26 heavy (non-hydrogen) atoms. The minimum atomic E-state index is -1.02. The number of pyridine rings is 1. The van der Waals surface area contributed by atoms with E-state index in [1.54, 1.807) is 27.1 Å². The van der Waals surface area contributed by atoms with Crippen LogP contribution in [0.5, 0.6) is 0 Å². The van der Waals surface area contributed by atoms with E-state index in [1.807, 2.05) is 48.5 Å². The molecule has 1 atom stereocenters. The first-order chi connectivity index (χ1) is 12.4. The van der Waals surface area contributed by atoms with Gasteiger partial charge in [-0.15, -0.1) is 0 Å². The Balaban J connectivity index is 2.15. The van der Waals surface area contributed by atoms with Gasteiger partial charge in [0.1, 0.15) is 5.54 Å². The Hall–Kier alpha value is -2.73. The van der Waals surface area contributed by atoms with E-state index in [0.29, 0.717) is 6.42 Å². The summed E-state index contributed by atoms with van der Waals surface area (Å²) in [6.07, 6.45) is 2.30. The molecule has 2 aromatic rings. The van der Waals surface area contributed by atoms with Crippen molar-refractivity contribution < 1.29 is 9.59 Å². The van der Waals surface area contributed by atoms with Crippen molar-refractivity contribution in [3.8, 4) is 0 Å². The molecule has 1 unspecified atom stereocenters. The molecule has 2 rings (SSSR count). The third-order valence-corrected chi connectivity index (χ3v) is 4.00. The van der Waals surface area contributed by atoms with Gasteiger partial charge in [0.05, 0.1) is 12.6 Å². The highest BCUT2D eigenvalue weighted by Crippen LogP contribution is 2.18. The number of benzene rings is 1. The molecule has 0 bridgehead atoms. The summed E-state index contributed by atoms with van der Waals surface area (Å²) < 4.78 is 0. The summed E-state index contributed by atoms with van der Waals surface area (Å²) in [5, 5.41) is 8.58. The molecule has 1 heterocycles. The minimum Gasteiger partial charge on any atom is -0.347 e. The molecule has 6 heteroatoms. The number of hydrogen-bond acceptors (Lipinski definition) is 4. The molecular weight excluding hydrogens is 328 g/mol. The summed E-state index contributed by atoms with van der Waals surface area (Å²) in [7, 11) is 1.69. The highest BCUT2D eigenvalue weighted by Gasteiger charge is 2.31. The summed E-state index contributed by atoms with van der Waals surface area (Å²) in [6, 6.07) is 15.2. The van der Waals surface area contributed by atoms with E-state index in [4.69, 9.17) is 0 Å². The van der Waals surface area contributed by atoms with Crippen LogP contribution in [-0.2, 0) is 16.0 Å². The number of rotatable bonds is 8. The van der Waals surface area contributed by atoms with Crippen LogP contribution in [0.15, 0.2) is 54.7 Å². The van der Waals surface area contributed by atoms with Crippen molar-refractivity contribution in [3.05, 3.63) is 66.0 Å². The van der Waals surface area contributed by atoms with Crippen LogP contribution in [0.3, 0.4) is 0 Å². The number of carbonyl (C=O) groups is 2. The molecule has 0 saturated carbocycles. The van der Waals surface area contributed by atoms with E-state index in [0.717, 1.165) is 11.3 Å². The molecular formula is C20H26N4O2. The van der Waals surface area contributed by atoms with Crippen LogP contribution in [0.25, 0.3) is 0 Å². The van der Waals surface area contributed by atoms with Crippen molar-refractivity contribution >= 4 is 11.8 Å². The second-order valence-corrected chi connectivity index (χ2v) is 6.67. The summed E-state index contributed by atoms with van der Waals surface area (Å²) in [5.74, 6) is -0.472. The number of aromatic nitrogens is 1. The van der Waals surface area contributed by atoms with Gasteiger partial charge in [-0.2, -0.15) is 0 Å². The number of likely N-dealkylation sites (N-methyl/N-ethyl adjacent to an activating group) is 1. The molecule has 1 aromatic carbocycles. The zero-order valence-electron chi connectivity index (χ0n) is 15.5. The minimum absolute atomic E-state index is 0.159. The van der Waals surface area contributed by atoms with Gasteiger partial charge in [0.25, 0.3) is 0 Å². The lowest BCUT2D eigenvalue weighted by atomic mass is 9.98. The second-order valence-electron chi connectivity index (χ2n) is 6.67. The summed E-state index contributed by atoms with van der Waals surface area (Å²) >= 11 is 0. The summed E-state index contributed by atoms with van der Waals surface area (Å²) in [5.41, 5.74) is 0.855. The van der Waals surface area contributed by atoms with Crippen molar-refractivity contribution in [3.63, 3.8) is 0 Å². The van der Waals surface area contributed by atoms with Gasteiger partial charge < -0.3 is 16.0 Å². The van der Waals surface area contributed by atoms with Gasteiger partial charge in [-0.3, -0.25) is 14.6 Å². The van der Waals surface area contributed by atoms with E-state index in [2.05, 4.69) is 20.9 Å². The fourth-order valence-electron chi connectivity index (χ4n) is 2.61. The molecule has 3 N–H and O–H groups in total. The van der Waals surface area contributed by atoms with Gasteiger partial charge in [0.2, 0.25) is 11.8 Å². The molecule has 0 spiro atoms. The monoisotopic (exact) mass is 354 g/mol. The number of hydrogen-bond donors (Lipinski definition) is 3. The van der Waals surface area contributed by atoms with E-state index < -0.39 is 5.54 Å². The molecule has 1 aromatic heterocycles. The highest BCUT2D eigenvalue weighted by molar-refractivity contribution is 5.91. The molecule has 0 aliphatic carbocycles. The Morgan fingerprint density at radius 2 is 1.77 bits per heavy atom. The number of nitrogens with zero attached hydrogens (tertiary/aromatic N) is 1. The van der Waals surface area contributed by atoms with Gasteiger partial charge in [0.15, 0.2) is 0 Å². The van der Waals surface area contributed by atoms with Crippen LogP contribution in [0, 0.1) is 0 Å². The normalized spacial score (nSPS) is 12.3. The molecule has 0 aliphatic rings. The highest BCUT2D eigenvalue weighted by atomic mass is 16.2. The third-order valence-electron chi connectivity index (χ3n) is 4.00. The smallest absolute Gasteiger partial charge is 0.245 e. The van der Waals surface area contributed by atoms with E-state index in [-0.39, 0.29) is 24.4 Å². The molecule has 0 radical (unpaired) electrons. The van der Waals surface area contributed by atoms with Crippen LogP contribution in [0.2, 0.25) is 0 Å². The zero-order valence-corrected chi connectivity index (χ0v) is 15.5. The predicted molar refractivity (Wildman–Crippen MR) is 101 cm³/mol. The fourth-order valence-corrected chi connectivity index (χ4v) is 2.61. The molecule has 6 nitrogen and oxygen atoms in total. The first-order valence-corrected chi connectivity index (χ1v) is 8.64. The Morgan fingerprint density at radius 3 is 2.38 bits per heavy atom. The first kappa shape index (κ1) is 19.6. The lowest BCUT2D eigenvalue weighted by Crippen LogP contribution is -2.56. The van der Waals surface area contributed by atoms with Crippen molar-refractivity contribution in [2.75, 3.05) is 13.6 Å². The van der Waals surface area contributed by atoms with Crippen molar-refractivity contribution in [2.45, 2.75) is 31.8 Å². The van der Waals surface area contributed by atoms with Gasteiger partial charge >= 0.3 is 0 Å². The van der Waals surface area contributed by atoms with Gasteiger partial charge in [-0.25, -0.2) is 0 Å². The van der Waals surface area contributed by atoms with Crippen LogP contribution >= 0.6 is 0 Å². The molecule has 0 fully saturated rings. The van der Waals surface area contributed by atoms with Crippen molar-refractivity contribution in [1.29, 1.82) is 0 Å². The number of nitrogens with one attached hydrogen (secondary N) is 3. The van der Waals surface area contributed by atoms with Gasteiger partial charge in [-0.05, 0) is 38.6 Å². The first-order valence-electron chi connectivity index (χ1n) is 8.64. The standard InChI is InChI=1S/C20H26N4O2/c1-20(2,24-18(25)14-21-3)19(26)23-17(15-9-5-4-6-10-15)13-16-11-7-8-12-22-16/h4-12,17,21H,13-14H2,1-3H3,(H,23,26)(H,24,25). The SMILES string of the molecule is CNCC(=O)NC(C)(C)C(=O)NC(Cc1ccccn1)c1ccccc1. The maximum atomic E-state index is 12.8. The maximum Gasteiger partial charge on any atom is 0.245 e. The Bertz CT molecular complexity index is 717. The molecule has 0 saturated heterocycles. The lowest BCUT2D eigenvalue weighted by molar-refractivity contribution is -0.132. The average molecular weight is 354 g/mol. The molecule has 0 aliphatic heterocycles. The van der Waals surface area contributed by atoms with E-state index in [1.165, 1.54) is 0 Å². The summed E-state index contributed by atoms with van der Waals surface area (Å²) in [6.45, 7) is 3.55. The predicted octanol–water partition coefficient (Wildman–Crippen LogP) is 1.60. The lowest BCUT2D eigenvalue weighted by Gasteiger charge is -2.28. The molecule has 2 amide bonds. The number of amides is 2. The van der Waals surface area contributed by atoms with Crippen LogP contribution in [-0.4, -0.2) is 35.9 Å². The fraction of sp³-hybridized carbons (Fsp3) is 0.350. The van der Waals surface area contributed by atoms with Crippen molar-refractivity contribution in [2.24, 2.45) is 0 Å². The second kappa shape index (κ2) is 9.10. The Kier molecular flexibility index (Phi) is 6.86. The third kappa shape index (κ3) is 5.67. The van der Waals surface area contributed by atoms with Gasteiger partial charge in [0, 0.05) is 18.3 Å². The average Bonchev–Trinajstić information content (AvgIpc) is 2.62. The summed E-state index contributed by atoms with van der Waals surface area (Å²) in [4.78, 5) is 29.0. The van der Waals surface area contributed by atoms with E-state index in [9.17, 15) is 9.59 Å².